The number of rotatable bonds is 5. The smallest absolute Gasteiger partial charge is 0.333 e. The molecular formula is C17H16O3. The fourth-order valence-corrected chi connectivity index (χ4v) is 1.85. The third kappa shape index (κ3) is 3.72. The number of carbonyl (C=O) groups is 1. The van der Waals surface area contributed by atoms with Gasteiger partial charge in [0.25, 0.3) is 0 Å². The van der Waals surface area contributed by atoms with E-state index in [9.17, 15) is 4.79 Å². The molecule has 0 spiro atoms. The Bertz CT molecular complexity index is 522. The van der Waals surface area contributed by atoms with Crippen LogP contribution in [0.4, 0.5) is 0 Å². The van der Waals surface area contributed by atoms with Crippen molar-refractivity contribution in [2.45, 2.75) is 6.10 Å². The van der Waals surface area contributed by atoms with Crippen molar-refractivity contribution in [2.24, 2.45) is 0 Å². The van der Waals surface area contributed by atoms with E-state index in [-0.39, 0.29) is 6.10 Å². The quantitative estimate of drug-likeness (QED) is 0.473. The highest BCUT2D eigenvalue weighted by atomic mass is 16.5. The molecule has 0 saturated heterocycles. The number of hydrogen-bond donors (Lipinski definition) is 0. The van der Waals surface area contributed by atoms with Crippen molar-refractivity contribution in [1.29, 1.82) is 0 Å². The second-order valence-electron chi connectivity index (χ2n) is 4.16. The Hall–Kier alpha value is -2.55. The lowest BCUT2D eigenvalue weighted by Gasteiger charge is -2.17. The highest BCUT2D eigenvalue weighted by Gasteiger charge is 2.13. The summed E-state index contributed by atoms with van der Waals surface area (Å²) in [6.07, 6.45) is 2.38. The summed E-state index contributed by atoms with van der Waals surface area (Å²) in [5, 5.41) is 0. The van der Waals surface area contributed by atoms with Gasteiger partial charge in [-0.15, -0.1) is 0 Å². The summed E-state index contributed by atoms with van der Waals surface area (Å²) in [7, 11) is 1.33. The maximum Gasteiger partial charge on any atom is 0.333 e. The molecule has 0 heterocycles. The molecule has 0 aromatic heterocycles. The number of carbonyl (C=O) groups excluding carboxylic acids is 1. The molecule has 0 atom stereocenters. The van der Waals surface area contributed by atoms with Crippen molar-refractivity contribution in [3.8, 4) is 0 Å². The van der Waals surface area contributed by atoms with E-state index in [4.69, 9.17) is 4.74 Å². The van der Waals surface area contributed by atoms with Gasteiger partial charge in [-0.2, -0.15) is 0 Å². The molecule has 0 fully saturated rings. The van der Waals surface area contributed by atoms with Gasteiger partial charge in [0.2, 0.25) is 0 Å². The summed E-state index contributed by atoms with van der Waals surface area (Å²) in [4.78, 5) is 11.1. The Balaban J connectivity index is 2.22. The van der Waals surface area contributed by atoms with Crippen LogP contribution in [0.3, 0.4) is 0 Å². The van der Waals surface area contributed by atoms with Crippen LogP contribution in [0.1, 0.15) is 17.2 Å². The van der Waals surface area contributed by atoms with Gasteiger partial charge in [-0.05, 0) is 11.1 Å². The minimum absolute atomic E-state index is 0.252. The molecular weight excluding hydrogens is 252 g/mol. The molecule has 2 aromatic rings. The molecule has 3 heteroatoms. The Kier molecular flexibility index (Phi) is 4.95. The predicted octanol–water partition coefficient (Wildman–Crippen LogP) is 3.48. The van der Waals surface area contributed by atoms with Crippen LogP contribution in [-0.4, -0.2) is 13.1 Å². The minimum Gasteiger partial charge on any atom is -0.488 e. The summed E-state index contributed by atoms with van der Waals surface area (Å²) < 4.78 is 10.2. The third-order valence-electron chi connectivity index (χ3n) is 2.82. The molecule has 2 rings (SSSR count). The van der Waals surface area contributed by atoms with Gasteiger partial charge in [0, 0.05) is 0 Å². The standard InChI is InChI=1S/C17H16O3/c1-19-16(18)12-13-20-17(14-8-4-2-5-9-14)15-10-6-3-7-11-15/h2-13,17H,1H3/b13-12+. The Labute approximate surface area is 118 Å². The average Bonchev–Trinajstić information content (AvgIpc) is 2.53. The van der Waals surface area contributed by atoms with E-state index in [0.717, 1.165) is 11.1 Å². The maximum absolute atomic E-state index is 11.1. The molecule has 2 aromatic carbocycles. The van der Waals surface area contributed by atoms with Gasteiger partial charge in [0.05, 0.1) is 19.4 Å². The molecule has 3 nitrogen and oxygen atoms in total. The Morgan fingerprint density at radius 2 is 1.45 bits per heavy atom. The molecule has 0 aliphatic heterocycles. The van der Waals surface area contributed by atoms with Crippen molar-refractivity contribution < 1.29 is 14.3 Å². The van der Waals surface area contributed by atoms with Crippen LogP contribution in [0.15, 0.2) is 73.0 Å². The van der Waals surface area contributed by atoms with E-state index < -0.39 is 5.97 Å². The molecule has 0 N–H and O–H groups in total. The topological polar surface area (TPSA) is 35.5 Å². The van der Waals surface area contributed by atoms with E-state index in [2.05, 4.69) is 4.74 Å². The molecule has 0 saturated carbocycles. The predicted molar refractivity (Wildman–Crippen MR) is 77.0 cm³/mol. The van der Waals surface area contributed by atoms with Gasteiger partial charge in [0.15, 0.2) is 0 Å². The summed E-state index contributed by atoms with van der Waals surface area (Å²) in [6.45, 7) is 0. The second-order valence-corrected chi connectivity index (χ2v) is 4.16. The van der Waals surface area contributed by atoms with Crippen molar-refractivity contribution in [3.63, 3.8) is 0 Å². The van der Waals surface area contributed by atoms with Crippen LogP contribution < -0.4 is 0 Å². The minimum atomic E-state index is -0.440. The lowest BCUT2D eigenvalue weighted by atomic mass is 10.0. The van der Waals surface area contributed by atoms with E-state index >= 15 is 0 Å². The van der Waals surface area contributed by atoms with Crippen LogP contribution >= 0.6 is 0 Å². The van der Waals surface area contributed by atoms with E-state index in [1.54, 1.807) is 0 Å². The van der Waals surface area contributed by atoms with Gasteiger partial charge in [-0.1, -0.05) is 60.7 Å². The zero-order valence-electron chi connectivity index (χ0n) is 11.2. The van der Waals surface area contributed by atoms with Crippen LogP contribution in [0.25, 0.3) is 0 Å². The van der Waals surface area contributed by atoms with Crippen LogP contribution in [0.2, 0.25) is 0 Å². The maximum atomic E-state index is 11.1. The first-order chi connectivity index (χ1) is 9.81. The van der Waals surface area contributed by atoms with Crippen molar-refractivity contribution in [3.05, 3.63) is 84.1 Å². The monoisotopic (exact) mass is 268 g/mol. The lowest BCUT2D eigenvalue weighted by molar-refractivity contribution is -0.135. The van der Waals surface area contributed by atoms with Gasteiger partial charge >= 0.3 is 5.97 Å². The van der Waals surface area contributed by atoms with Crippen molar-refractivity contribution in [1.82, 2.24) is 0 Å². The molecule has 0 unspecified atom stereocenters. The summed E-state index contributed by atoms with van der Waals surface area (Å²) in [5.41, 5.74) is 2.04. The van der Waals surface area contributed by atoms with Crippen molar-refractivity contribution >= 4 is 5.97 Å². The summed E-state index contributed by atoms with van der Waals surface area (Å²) in [6, 6.07) is 19.7. The highest BCUT2D eigenvalue weighted by Crippen LogP contribution is 2.25. The van der Waals surface area contributed by atoms with E-state index in [1.165, 1.54) is 19.4 Å². The van der Waals surface area contributed by atoms with Crippen molar-refractivity contribution in [2.75, 3.05) is 7.11 Å². The molecule has 102 valence electrons. The van der Waals surface area contributed by atoms with Crippen LogP contribution in [0, 0.1) is 0 Å². The number of benzene rings is 2. The first-order valence-electron chi connectivity index (χ1n) is 6.31. The van der Waals surface area contributed by atoms with Gasteiger partial charge in [-0.25, -0.2) is 4.79 Å². The lowest BCUT2D eigenvalue weighted by Crippen LogP contribution is -2.03. The van der Waals surface area contributed by atoms with Crippen LogP contribution in [0.5, 0.6) is 0 Å². The number of methoxy groups -OCH3 is 1. The second kappa shape index (κ2) is 7.14. The summed E-state index contributed by atoms with van der Waals surface area (Å²) in [5.74, 6) is -0.440. The molecule has 0 bridgehead atoms. The zero-order valence-corrected chi connectivity index (χ0v) is 11.2. The number of ether oxygens (including phenoxy) is 2. The van der Waals surface area contributed by atoms with Gasteiger partial charge in [-0.3, -0.25) is 0 Å². The van der Waals surface area contributed by atoms with E-state index in [1.807, 2.05) is 60.7 Å². The summed E-state index contributed by atoms with van der Waals surface area (Å²) >= 11 is 0. The average molecular weight is 268 g/mol. The number of esters is 1. The zero-order chi connectivity index (χ0) is 14.2. The Morgan fingerprint density at radius 3 is 1.90 bits per heavy atom. The molecule has 0 aliphatic rings. The number of hydrogen-bond acceptors (Lipinski definition) is 3. The normalized spacial score (nSPS) is 10.7. The van der Waals surface area contributed by atoms with E-state index in [0.29, 0.717) is 0 Å². The molecule has 0 amide bonds. The largest absolute Gasteiger partial charge is 0.488 e. The fraction of sp³-hybridized carbons (Fsp3) is 0.118. The first kappa shape index (κ1) is 13.9. The van der Waals surface area contributed by atoms with Gasteiger partial charge < -0.3 is 9.47 Å². The molecule has 20 heavy (non-hydrogen) atoms. The Morgan fingerprint density at radius 1 is 0.950 bits per heavy atom. The van der Waals surface area contributed by atoms with Gasteiger partial charge in [0.1, 0.15) is 6.10 Å². The van der Waals surface area contributed by atoms with Crippen LogP contribution in [-0.2, 0) is 14.3 Å². The fourth-order valence-electron chi connectivity index (χ4n) is 1.85. The SMILES string of the molecule is COC(=O)/C=C/OC(c1ccccc1)c1ccccc1. The molecule has 0 radical (unpaired) electrons. The first-order valence-corrected chi connectivity index (χ1v) is 6.31. The molecule has 0 aliphatic carbocycles. The highest BCUT2D eigenvalue weighted by molar-refractivity contribution is 5.81. The third-order valence-corrected chi connectivity index (χ3v) is 2.82.